The van der Waals surface area contributed by atoms with Crippen molar-refractivity contribution in [1.82, 2.24) is 5.32 Å². The highest BCUT2D eigenvalue weighted by Crippen LogP contribution is 2.32. The Labute approximate surface area is 116 Å². The lowest BCUT2D eigenvalue weighted by Gasteiger charge is -2.15. The number of para-hydroxylation sites is 1. The summed E-state index contributed by atoms with van der Waals surface area (Å²) in [5.41, 5.74) is 0.617. The van der Waals surface area contributed by atoms with Gasteiger partial charge < -0.3 is 10.1 Å². The van der Waals surface area contributed by atoms with Crippen molar-refractivity contribution in [3.05, 3.63) is 29.8 Å². The maximum Gasteiger partial charge on any atom is 0.255 e. The fourth-order valence-electron chi connectivity index (χ4n) is 1.93. The number of halogens is 1. The summed E-state index contributed by atoms with van der Waals surface area (Å²) >= 11 is 3.31. The lowest BCUT2D eigenvalue weighted by atomic mass is 10.1. The number of carbonyl (C=O) groups is 1. The van der Waals surface area contributed by atoms with Crippen LogP contribution in [0.5, 0.6) is 5.75 Å². The summed E-state index contributed by atoms with van der Waals surface area (Å²) in [6.45, 7) is 2.62. The van der Waals surface area contributed by atoms with E-state index in [0.29, 0.717) is 23.8 Å². The molecule has 2 rings (SSSR count). The first-order chi connectivity index (χ1) is 8.72. The summed E-state index contributed by atoms with van der Waals surface area (Å²) in [4.78, 5) is 12.2. The van der Waals surface area contributed by atoms with Crippen molar-refractivity contribution >= 4 is 21.8 Å². The largest absolute Gasteiger partial charge is 0.492 e. The number of benzene rings is 1. The van der Waals surface area contributed by atoms with Crippen LogP contribution in [0.2, 0.25) is 0 Å². The van der Waals surface area contributed by atoms with E-state index in [1.807, 2.05) is 18.2 Å². The highest BCUT2D eigenvalue weighted by molar-refractivity contribution is 9.09. The molecule has 4 heteroatoms. The van der Waals surface area contributed by atoms with Crippen LogP contribution in [0.15, 0.2) is 24.3 Å². The van der Waals surface area contributed by atoms with Crippen molar-refractivity contribution in [2.75, 3.05) is 11.9 Å². The Balaban J connectivity index is 2.03. The molecule has 1 N–H and O–H groups in total. The molecule has 0 radical (unpaired) electrons. The maximum absolute atomic E-state index is 12.2. The van der Waals surface area contributed by atoms with Crippen LogP contribution in [0.1, 0.15) is 30.1 Å². The molecule has 18 heavy (non-hydrogen) atoms. The molecule has 3 nitrogen and oxygen atoms in total. The van der Waals surface area contributed by atoms with Crippen LogP contribution in [0.4, 0.5) is 0 Å². The number of hydrogen-bond donors (Lipinski definition) is 1. The molecule has 0 aromatic heterocycles. The minimum Gasteiger partial charge on any atom is -0.492 e. The van der Waals surface area contributed by atoms with Gasteiger partial charge in [0, 0.05) is 11.4 Å². The van der Waals surface area contributed by atoms with Crippen molar-refractivity contribution in [2.24, 2.45) is 5.92 Å². The Kier molecular flexibility index (Phi) is 4.64. The maximum atomic E-state index is 12.2. The van der Waals surface area contributed by atoms with E-state index in [0.717, 1.165) is 5.33 Å². The van der Waals surface area contributed by atoms with Gasteiger partial charge in [0.05, 0.1) is 12.2 Å². The fourth-order valence-corrected chi connectivity index (χ4v) is 2.09. The van der Waals surface area contributed by atoms with E-state index >= 15 is 0 Å². The van der Waals surface area contributed by atoms with E-state index < -0.39 is 0 Å². The zero-order valence-corrected chi connectivity index (χ0v) is 12.1. The van der Waals surface area contributed by atoms with Crippen molar-refractivity contribution in [2.45, 2.75) is 25.8 Å². The van der Waals surface area contributed by atoms with Gasteiger partial charge in [-0.3, -0.25) is 4.79 Å². The first-order valence-corrected chi connectivity index (χ1v) is 7.43. The van der Waals surface area contributed by atoms with Crippen LogP contribution in [0.3, 0.4) is 0 Å². The number of hydrogen-bond acceptors (Lipinski definition) is 2. The molecular formula is C14H18BrNO2. The van der Waals surface area contributed by atoms with Gasteiger partial charge in [0.1, 0.15) is 5.75 Å². The summed E-state index contributed by atoms with van der Waals surface area (Å²) in [6, 6.07) is 7.63. The van der Waals surface area contributed by atoms with E-state index in [2.05, 4.69) is 28.2 Å². The lowest BCUT2D eigenvalue weighted by molar-refractivity contribution is 0.0932. The number of amides is 1. The normalized spacial score (nSPS) is 16.1. The van der Waals surface area contributed by atoms with Crippen LogP contribution in [0, 0.1) is 5.92 Å². The minimum atomic E-state index is -0.0421. The van der Waals surface area contributed by atoms with Gasteiger partial charge in [-0.05, 0) is 37.8 Å². The molecular weight excluding hydrogens is 294 g/mol. The third-order valence-electron chi connectivity index (χ3n) is 3.15. The van der Waals surface area contributed by atoms with Crippen LogP contribution in [0.25, 0.3) is 0 Å². The molecule has 98 valence electrons. The van der Waals surface area contributed by atoms with Crippen LogP contribution in [-0.2, 0) is 0 Å². The Bertz CT molecular complexity index is 418. The van der Waals surface area contributed by atoms with Gasteiger partial charge in [-0.25, -0.2) is 0 Å². The lowest BCUT2D eigenvalue weighted by Crippen LogP contribution is -2.34. The van der Waals surface area contributed by atoms with Crippen molar-refractivity contribution in [1.29, 1.82) is 0 Å². The van der Waals surface area contributed by atoms with E-state index in [-0.39, 0.29) is 11.9 Å². The Hall–Kier alpha value is -1.03. The summed E-state index contributed by atoms with van der Waals surface area (Å²) in [5, 5.41) is 3.80. The molecule has 1 aromatic rings. The SMILES string of the molecule is CC(NC(=O)c1ccccc1OCCBr)C1CC1. The molecule has 1 atom stereocenters. The average Bonchev–Trinajstić information content (AvgIpc) is 3.20. The molecule has 0 aliphatic heterocycles. The molecule has 0 bridgehead atoms. The topological polar surface area (TPSA) is 38.3 Å². The highest BCUT2D eigenvalue weighted by atomic mass is 79.9. The molecule has 1 fully saturated rings. The number of alkyl halides is 1. The second-order valence-corrected chi connectivity index (χ2v) is 5.43. The Morgan fingerprint density at radius 1 is 1.50 bits per heavy atom. The Morgan fingerprint density at radius 2 is 2.22 bits per heavy atom. The molecule has 1 aromatic carbocycles. The molecule has 1 saturated carbocycles. The second-order valence-electron chi connectivity index (χ2n) is 4.63. The number of rotatable bonds is 6. The van der Waals surface area contributed by atoms with Gasteiger partial charge >= 0.3 is 0 Å². The van der Waals surface area contributed by atoms with Gasteiger partial charge in [-0.1, -0.05) is 28.1 Å². The highest BCUT2D eigenvalue weighted by Gasteiger charge is 2.29. The number of ether oxygens (including phenoxy) is 1. The van der Waals surface area contributed by atoms with E-state index in [1.54, 1.807) is 6.07 Å². The van der Waals surface area contributed by atoms with Crippen LogP contribution >= 0.6 is 15.9 Å². The predicted molar refractivity (Wildman–Crippen MR) is 75.4 cm³/mol. The van der Waals surface area contributed by atoms with Gasteiger partial charge in [-0.2, -0.15) is 0 Å². The van der Waals surface area contributed by atoms with Gasteiger partial charge in [-0.15, -0.1) is 0 Å². The van der Waals surface area contributed by atoms with Crippen molar-refractivity contribution in [3.63, 3.8) is 0 Å². The first kappa shape index (κ1) is 13.4. The summed E-state index contributed by atoms with van der Waals surface area (Å²) in [7, 11) is 0. The molecule has 1 aliphatic rings. The molecule has 1 unspecified atom stereocenters. The number of carbonyl (C=O) groups excluding carboxylic acids is 1. The van der Waals surface area contributed by atoms with Gasteiger partial charge in [0.15, 0.2) is 0 Å². The van der Waals surface area contributed by atoms with Crippen molar-refractivity contribution in [3.8, 4) is 5.75 Å². The fraction of sp³-hybridized carbons (Fsp3) is 0.500. The van der Waals surface area contributed by atoms with Crippen LogP contribution in [-0.4, -0.2) is 23.9 Å². The Morgan fingerprint density at radius 3 is 2.89 bits per heavy atom. The molecule has 1 aliphatic carbocycles. The predicted octanol–water partition coefficient (Wildman–Crippen LogP) is 2.99. The summed E-state index contributed by atoms with van der Waals surface area (Å²) in [6.07, 6.45) is 2.45. The number of nitrogens with one attached hydrogen (secondary N) is 1. The van der Waals surface area contributed by atoms with Crippen LogP contribution < -0.4 is 10.1 Å². The molecule has 0 heterocycles. The van der Waals surface area contributed by atoms with E-state index in [1.165, 1.54) is 12.8 Å². The van der Waals surface area contributed by atoms with Gasteiger partial charge in [0.2, 0.25) is 0 Å². The zero-order valence-electron chi connectivity index (χ0n) is 10.5. The summed E-state index contributed by atoms with van der Waals surface area (Å²) in [5.74, 6) is 1.27. The minimum absolute atomic E-state index is 0.0421. The molecule has 1 amide bonds. The monoisotopic (exact) mass is 311 g/mol. The third kappa shape index (κ3) is 3.48. The van der Waals surface area contributed by atoms with Gasteiger partial charge in [0.25, 0.3) is 5.91 Å². The molecule has 0 saturated heterocycles. The summed E-state index contributed by atoms with van der Waals surface area (Å²) < 4.78 is 5.56. The third-order valence-corrected chi connectivity index (χ3v) is 3.48. The molecule has 0 spiro atoms. The van der Waals surface area contributed by atoms with Crippen molar-refractivity contribution < 1.29 is 9.53 Å². The average molecular weight is 312 g/mol. The quantitative estimate of drug-likeness (QED) is 0.820. The zero-order chi connectivity index (χ0) is 13.0. The van der Waals surface area contributed by atoms with E-state index in [4.69, 9.17) is 4.74 Å². The standard InChI is InChI=1S/C14H18BrNO2/c1-10(11-6-7-11)16-14(17)12-4-2-3-5-13(12)18-9-8-15/h2-5,10-11H,6-9H2,1H3,(H,16,17). The van der Waals surface area contributed by atoms with E-state index in [9.17, 15) is 4.79 Å². The first-order valence-electron chi connectivity index (χ1n) is 6.31. The second kappa shape index (κ2) is 6.23. The smallest absolute Gasteiger partial charge is 0.255 e.